The van der Waals surface area contributed by atoms with E-state index in [0.29, 0.717) is 18.0 Å². The Morgan fingerprint density at radius 3 is 2.65 bits per heavy atom. The van der Waals surface area contributed by atoms with Gasteiger partial charge >= 0.3 is 0 Å². The number of fused-ring (bicyclic) bond motifs is 1. The highest BCUT2D eigenvalue weighted by Gasteiger charge is 2.31. The van der Waals surface area contributed by atoms with Gasteiger partial charge < -0.3 is 10.6 Å². The van der Waals surface area contributed by atoms with E-state index in [-0.39, 0.29) is 0 Å². The molecule has 20 heavy (non-hydrogen) atoms. The third kappa shape index (κ3) is 6.43. The molecule has 0 saturated carbocycles. The van der Waals surface area contributed by atoms with Crippen LogP contribution in [-0.2, 0) is 0 Å². The Morgan fingerprint density at radius 1 is 1.30 bits per heavy atom. The van der Waals surface area contributed by atoms with Gasteiger partial charge in [-0.25, -0.2) is 0 Å². The maximum absolute atomic E-state index is 6.02. The second kappa shape index (κ2) is 12.4. The van der Waals surface area contributed by atoms with E-state index in [1.165, 1.54) is 19.3 Å². The van der Waals surface area contributed by atoms with Gasteiger partial charge in [-0.3, -0.25) is 0 Å². The Morgan fingerprint density at radius 2 is 2.00 bits per heavy atom. The van der Waals surface area contributed by atoms with Crippen molar-refractivity contribution in [3.63, 3.8) is 0 Å². The van der Waals surface area contributed by atoms with E-state index in [2.05, 4.69) is 29.7 Å². The first-order chi connectivity index (χ1) is 9.81. The number of unbranched alkanes of at least 4 members (excludes halogenated alkanes) is 1. The number of hydrogen-bond donors (Lipinski definition) is 2. The van der Waals surface area contributed by atoms with Crippen LogP contribution in [0.25, 0.3) is 0 Å². The molecule has 0 aromatic heterocycles. The Kier molecular flexibility index (Phi) is 12.2. The number of allylic oxidation sites excluding steroid dienone is 2. The molecule has 0 aromatic carbocycles. The summed E-state index contributed by atoms with van der Waals surface area (Å²) in [5.41, 5.74) is 0. The molecule has 1 heterocycles. The summed E-state index contributed by atoms with van der Waals surface area (Å²) >= 11 is 6.02. The monoisotopic (exact) mass is 300 g/mol. The first-order valence-electron chi connectivity index (χ1n) is 8.33. The predicted octanol–water partition coefficient (Wildman–Crippen LogP) is 4.47. The number of hydrogen-bond acceptors (Lipinski definition) is 2. The Bertz CT molecular complexity index is 287. The molecule has 2 N–H and O–H groups in total. The average Bonchev–Trinajstić information content (AvgIpc) is 2.51. The van der Waals surface area contributed by atoms with Crippen molar-refractivity contribution in [2.24, 2.45) is 5.92 Å². The molecule has 1 aliphatic carbocycles. The molecule has 0 aromatic rings. The van der Waals surface area contributed by atoms with E-state index in [9.17, 15) is 0 Å². The maximum Gasteiger partial charge on any atom is 0.0378 e. The van der Waals surface area contributed by atoms with E-state index >= 15 is 0 Å². The number of rotatable bonds is 4. The third-order valence-corrected chi connectivity index (χ3v) is 3.72. The molecule has 1 saturated heterocycles. The maximum atomic E-state index is 6.02. The minimum atomic E-state index is 0.422. The SMILES string of the molecule is CC.CC.CCCCNC1CCNC2C=C(Cl)C=CC21. The Hall–Kier alpha value is -0.310. The fourth-order valence-corrected chi connectivity index (χ4v) is 2.75. The van der Waals surface area contributed by atoms with Gasteiger partial charge in [-0.05, 0) is 38.1 Å². The lowest BCUT2D eigenvalue weighted by atomic mass is 9.83. The minimum absolute atomic E-state index is 0.422. The summed E-state index contributed by atoms with van der Waals surface area (Å²) in [4.78, 5) is 0. The van der Waals surface area contributed by atoms with Crippen molar-refractivity contribution in [1.82, 2.24) is 10.6 Å². The molecule has 3 heteroatoms. The van der Waals surface area contributed by atoms with E-state index in [1.54, 1.807) is 0 Å². The van der Waals surface area contributed by atoms with Crippen LogP contribution in [0.1, 0.15) is 53.9 Å². The van der Waals surface area contributed by atoms with E-state index in [1.807, 2.05) is 33.8 Å². The zero-order valence-corrected chi connectivity index (χ0v) is 14.6. The van der Waals surface area contributed by atoms with Gasteiger partial charge in [0.15, 0.2) is 0 Å². The molecule has 0 spiro atoms. The van der Waals surface area contributed by atoms with Crippen molar-refractivity contribution < 1.29 is 0 Å². The van der Waals surface area contributed by atoms with Crippen LogP contribution < -0.4 is 10.6 Å². The molecule has 2 aliphatic rings. The zero-order chi connectivity index (χ0) is 15.4. The van der Waals surface area contributed by atoms with Crippen molar-refractivity contribution in [2.45, 2.75) is 66.0 Å². The molecule has 1 fully saturated rings. The van der Waals surface area contributed by atoms with Crippen molar-refractivity contribution in [3.8, 4) is 0 Å². The highest BCUT2D eigenvalue weighted by molar-refractivity contribution is 6.31. The molecule has 2 rings (SSSR count). The van der Waals surface area contributed by atoms with Crippen LogP contribution in [-0.4, -0.2) is 25.2 Å². The summed E-state index contributed by atoms with van der Waals surface area (Å²) in [6.45, 7) is 12.4. The van der Waals surface area contributed by atoms with Gasteiger partial charge in [0.1, 0.15) is 0 Å². The quantitative estimate of drug-likeness (QED) is 0.749. The van der Waals surface area contributed by atoms with Gasteiger partial charge in [0.05, 0.1) is 0 Å². The van der Waals surface area contributed by atoms with Gasteiger partial charge in [-0.15, -0.1) is 0 Å². The standard InChI is InChI=1S/C13H21ClN2.2C2H6/c1-2-3-7-15-12-6-8-16-13-9-10(14)4-5-11(12)13;2*1-2/h4-5,9,11-13,15-16H,2-3,6-8H2,1H3;2*1-2H3. The summed E-state index contributed by atoms with van der Waals surface area (Å²) in [6.07, 6.45) is 10.2. The van der Waals surface area contributed by atoms with Crippen molar-refractivity contribution in [1.29, 1.82) is 0 Å². The van der Waals surface area contributed by atoms with Crippen LogP contribution in [0.3, 0.4) is 0 Å². The van der Waals surface area contributed by atoms with Crippen LogP contribution in [0.4, 0.5) is 0 Å². The third-order valence-electron chi connectivity index (χ3n) is 3.47. The van der Waals surface area contributed by atoms with Gasteiger partial charge in [0, 0.05) is 23.0 Å². The molecule has 1 aliphatic heterocycles. The minimum Gasteiger partial charge on any atom is -0.313 e. The lowest BCUT2D eigenvalue weighted by Crippen LogP contribution is -2.53. The van der Waals surface area contributed by atoms with Crippen molar-refractivity contribution in [3.05, 3.63) is 23.3 Å². The second-order valence-corrected chi connectivity index (χ2v) is 5.11. The van der Waals surface area contributed by atoms with Crippen LogP contribution >= 0.6 is 11.6 Å². The smallest absolute Gasteiger partial charge is 0.0378 e. The predicted molar refractivity (Wildman–Crippen MR) is 92.4 cm³/mol. The largest absolute Gasteiger partial charge is 0.313 e. The molecule has 0 amide bonds. The summed E-state index contributed by atoms with van der Waals surface area (Å²) in [6, 6.07) is 1.03. The van der Waals surface area contributed by atoms with E-state index in [0.717, 1.165) is 18.1 Å². The normalized spacial score (nSPS) is 27.3. The molecular weight excluding hydrogens is 268 g/mol. The fourth-order valence-electron chi connectivity index (χ4n) is 2.54. The summed E-state index contributed by atoms with van der Waals surface area (Å²) < 4.78 is 0. The second-order valence-electron chi connectivity index (χ2n) is 4.67. The number of nitrogens with one attached hydrogen (secondary N) is 2. The number of halogens is 1. The molecule has 3 unspecified atom stereocenters. The van der Waals surface area contributed by atoms with Gasteiger partial charge in [0.25, 0.3) is 0 Å². The van der Waals surface area contributed by atoms with Crippen LogP contribution in [0.15, 0.2) is 23.3 Å². The zero-order valence-electron chi connectivity index (χ0n) is 13.9. The van der Waals surface area contributed by atoms with E-state index in [4.69, 9.17) is 11.6 Å². The molecule has 2 nitrogen and oxygen atoms in total. The lowest BCUT2D eigenvalue weighted by molar-refractivity contribution is 0.280. The molecule has 0 radical (unpaired) electrons. The van der Waals surface area contributed by atoms with Crippen LogP contribution in [0.5, 0.6) is 0 Å². The topological polar surface area (TPSA) is 24.1 Å². The van der Waals surface area contributed by atoms with Crippen LogP contribution in [0, 0.1) is 5.92 Å². The van der Waals surface area contributed by atoms with Crippen molar-refractivity contribution >= 4 is 11.6 Å². The Balaban J connectivity index is 0.000000829. The molecule has 118 valence electrons. The number of piperidine rings is 1. The highest BCUT2D eigenvalue weighted by atomic mass is 35.5. The molecule has 0 bridgehead atoms. The summed E-state index contributed by atoms with van der Waals surface area (Å²) in [5.74, 6) is 0.563. The van der Waals surface area contributed by atoms with Crippen LogP contribution in [0.2, 0.25) is 0 Å². The molecular formula is C17H33ClN2. The Labute approximate surface area is 131 Å². The van der Waals surface area contributed by atoms with Crippen molar-refractivity contribution in [2.75, 3.05) is 13.1 Å². The first kappa shape index (κ1) is 19.7. The average molecular weight is 301 g/mol. The first-order valence-corrected chi connectivity index (χ1v) is 8.71. The molecule has 3 atom stereocenters. The van der Waals surface area contributed by atoms with Gasteiger partial charge in [0.2, 0.25) is 0 Å². The summed E-state index contributed by atoms with van der Waals surface area (Å²) in [5, 5.41) is 8.06. The highest BCUT2D eigenvalue weighted by Crippen LogP contribution is 2.26. The van der Waals surface area contributed by atoms with Gasteiger partial charge in [-0.2, -0.15) is 0 Å². The fraction of sp³-hybridized carbons (Fsp3) is 0.765. The van der Waals surface area contributed by atoms with Gasteiger partial charge in [-0.1, -0.05) is 58.7 Å². The summed E-state index contributed by atoms with van der Waals surface area (Å²) in [7, 11) is 0. The lowest BCUT2D eigenvalue weighted by Gasteiger charge is -2.38. The van der Waals surface area contributed by atoms with E-state index < -0.39 is 0 Å².